The van der Waals surface area contributed by atoms with E-state index in [2.05, 4.69) is 25.0 Å². The first-order chi connectivity index (χ1) is 22.4. The molecule has 13 heteroatoms. The lowest BCUT2D eigenvalue weighted by atomic mass is 9.95. The fourth-order valence-corrected chi connectivity index (χ4v) is 8.42. The molecule has 4 aromatic rings. The van der Waals surface area contributed by atoms with Crippen LogP contribution in [0, 0.1) is 11.7 Å². The minimum Gasteiger partial charge on any atom is -0.461 e. The van der Waals surface area contributed by atoms with Gasteiger partial charge in [-0.25, -0.2) is 8.78 Å². The smallest absolute Gasteiger partial charge is 0.319 e. The minimum absolute atomic E-state index is 0.0422. The molecule has 244 valence electrons. The molecule has 0 amide bonds. The van der Waals surface area contributed by atoms with Crippen LogP contribution in [-0.4, -0.2) is 99.0 Å². The number of H-pyrrole nitrogens is 1. The quantitative estimate of drug-likeness (QED) is 0.306. The Morgan fingerprint density at radius 1 is 1.15 bits per heavy atom. The normalized spacial score (nSPS) is 27.4. The maximum Gasteiger partial charge on any atom is 0.319 e. The topological polar surface area (TPSA) is 113 Å². The number of nitrogens with one attached hydrogen (secondary N) is 1. The summed E-state index contributed by atoms with van der Waals surface area (Å²) in [5.74, 6) is -0.0454. The lowest BCUT2D eigenvalue weighted by Crippen LogP contribution is -2.43. The number of fused-ring (bicyclic) bond motifs is 8. The molecule has 3 fully saturated rings. The largest absolute Gasteiger partial charge is 0.461 e. The zero-order valence-corrected chi connectivity index (χ0v) is 26.4. The second kappa shape index (κ2) is 12.1. The van der Waals surface area contributed by atoms with E-state index in [9.17, 15) is 9.50 Å². The molecule has 5 aliphatic heterocycles. The lowest BCUT2D eigenvalue weighted by Gasteiger charge is -2.31. The highest BCUT2D eigenvalue weighted by Gasteiger charge is 2.49. The van der Waals surface area contributed by atoms with Crippen molar-refractivity contribution >= 4 is 39.2 Å². The predicted octanol–water partition coefficient (Wildman–Crippen LogP) is 5.25. The zero-order valence-electron chi connectivity index (χ0n) is 25.7. The standard InChI is InChI=1S/C33H38ClF2N7O3/c34-25-11-26-23(14-38-41-26)27-22(25)4-1-2-9-45-17-19-10-21(44)5-8-42(15-19)31-24-13-37-30(27)28(36)29(24)39-32(40-31)46-18-33-6-3-7-43(33)16-20(35)12-33/h11,13-14,19-21,44H,1-10,12,15-18H2,(H,38,41)/t19-,20-,21+,33+/m1/s1. The molecule has 0 saturated carbocycles. The van der Waals surface area contributed by atoms with Gasteiger partial charge in [0.05, 0.1) is 35.3 Å². The van der Waals surface area contributed by atoms with Crippen LogP contribution in [0.15, 0.2) is 18.5 Å². The maximum absolute atomic E-state index is 17.0. The molecule has 4 atom stereocenters. The van der Waals surface area contributed by atoms with Crippen LogP contribution in [0.25, 0.3) is 33.1 Å². The van der Waals surface area contributed by atoms with Gasteiger partial charge in [-0.2, -0.15) is 15.1 Å². The first-order valence-corrected chi connectivity index (χ1v) is 16.8. The molecule has 6 bridgehead atoms. The molecule has 9 rings (SSSR count). The number of pyridine rings is 1. The summed E-state index contributed by atoms with van der Waals surface area (Å²) in [6.45, 7) is 3.61. The zero-order chi connectivity index (χ0) is 31.4. The Kier molecular flexibility index (Phi) is 7.94. The van der Waals surface area contributed by atoms with Crippen LogP contribution >= 0.6 is 11.6 Å². The number of ether oxygens (including phenoxy) is 2. The van der Waals surface area contributed by atoms with Crippen molar-refractivity contribution in [3.05, 3.63) is 34.9 Å². The summed E-state index contributed by atoms with van der Waals surface area (Å²) in [6, 6.07) is 1.86. The van der Waals surface area contributed by atoms with Crippen LogP contribution in [0.1, 0.15) is 50.5 Å². The third-order valence-electron chi connectivity index (χ3n) is 10.3. The third kappa shape index (κ3) is 5.36. The summed E-state index contributed by atoms with van der Waals surface area (Å²) < 4.78 is 44.0. The van der Waals surface area contributed by atoms with Crippen molar-refractivity contribution in [2.24, 2.45) is 5.92 Å². The highest BCUT2D eigenvalue weighted by molar-refractivity contribution is 6.33. The summed E-state index contributed by atoms with van der Waals surface area (Å²) in [7, 11) is 0. The predicted molar refractivity (Wildman–Crippen MR) is 171 cm³/mol. The summed E-state index contributed by atoms with van der Waals surface area (Å²) in [6.07, 6.45) is 7.46. The number of alkyl halides is 1. The van der Waals surface area contributed by atoms with E-state index < -0.39 is 23.6 Å². The Hall–Kier alpha value is -3.19. The summed E-state index contributed by atoms with van der Waals surface area (Å²) in [5.41, 5.74) is 1.88. The van der Waals surface area contributed by atoms with Crippen LogP contribution in [0.2, 0.25) is 5.02 Å². The maximum atomic E-state index is 17.0. The van der Waals surface area contributed by atoms with Crippen LogP contribution in [0.5, 0.6) is 6.01 Å². The molecular formula is C33H38ClF2N7O3. The summed E-state index contributed by atoms with van der Waals surface area (Å²) in [5, 5.41) is 19.6. The first kappa shape index (κ1) is 30.2. The number of aromatic nitrogens is 5. The third-order valence-corrected chi connectivity index (χ3v) is 10.7. The Balaban J connectivity index is 1.29. The van der Waals surface area contributed by atoms with E-state index in [0.717, 1.165) is 43.2 Å². The number of aliphatic hydroxyl groups excluding tert-OH is 1. The number of nitrogens with zero attached hydrogens (tertiary/aromatic N) is 6. The fraction of sp³-hybridized carbons (Fsp3) is 0.576. The van der Waals surface area contributed by atoms with Gasteiger partial charge in [0.1, 0.15) is 29.8 Å². The molecule has 3 saturated heterocycles. The van der Waals surface area contributed by atoms with Gasteiger partial charge < -0.3 is 19.5 Å². The average Bonchev–Trinajstić information content (AvgIpc) is 3.69. The molecule has 46 heavy (non-hydrogen) atoms. The van der Waals surface area contributed by atoms with Crippen molar-refractivity contribution in [1.82, 2.24) is 30.0 Å². The van der Waals surface area contributed by atoms with E-state index in [1.807, 2.05) is 6.07 Å². The van der Waals surface area contributed by atoms with Gasteiger partial charge in [0.25, 0.3) is 0 Å². The number of benzene rings is 1. The van der Waals surface area contributed by atoms with Crippen LogP contribution in [-0.2, 0) is 11.2 Å². The molecule has 10 nitrogen and oxygen atoms in total. The van der Waals surface area contributed by atoms with E-state index >= 15 is 4.39 Å². The second-order valence-electron chi connectivity index (χ2n) is 13.4. The highest BCUT2D eigenvalue weighted by atomic mass is 35.5. The van der Waals surface area contributed by atoms with Gasteiger partial charge in [-0.05, 0) is 63.1 Å². The second-order valence-corrected chi connectivity index (χ2v) is 13.8. The number of halogens is 3. The summed E-state index contributed by atoms with van der Waals surface area (Å²) in [4.78, 5) is 18.5. The van der Waals surface area contributed by atoms with Crippen LogP contribution in [0.4, 0.5) is 14.6 Å². The number of aromatic amines is 1. The Labute approximate surface area is 270 Å². The van der Waals surface area contributed by atoms with Crippen molar-refractivity contribution in [3.8, 4) is 17.3 Å². The van der Waals surface area contributed by atoms with Crippen molar-refractivity contribution in [2.45, 2.75) is 69.2 Å². The first-order valence-electron chi connectivity index (χ1n) is 16.4. The molecule has 2 N–H and O–H groups in total. The van der Waals surface area contributed by atoms with E-state index in [0.29, 0.717) is 85.8 Å². The van der Waals surface area contributed by atoms with Crippen molar-refractivity contribution in [2.75, 3.05) is 50.9 Å². The lowest BCUT2D eigenvalue weighted by molar-refractivity contribution is 0.0727. The molecular weight excluding hydrogens is 616 g/mol. The van der Waals surface area contributed by atoms with Crippen molar-refractivity contribution < 1.29 is 23.4 Å². The van der Waals surface area contributed by atoms with Gasteiger partial charge in [-0.3, -0.25) is 15.0 Å². The molecule has 0 spiro atoms. The fourth-order valence-electron chi connectivity index (χ4n) is 8.12. The molecule has 3 aromatic heterocycles. The van der Waals surface area contributed by atoms with Gasteiger partial charge in [-0.1, -0.05) is 11.6 Å². The van der Waals surface area contributed by atoms with E-state index in [4.69, 9.17) is 31.0 Å². The summed E-state index contributed by atoms with van der Waals surface area (Å²) >= 11 is 6.83. The number of rotatable bonds is 3. The Morgan fingerprint density at radius 3 is 2.98 bits per heavy atom. The van der Waals surface area contributed by atoms with E-state index in [-0.39, 0.29) is 29.7 Å². The molecule has 0 unspecified atom stereocenters. The van der Waals surface area contributed by atoms with E-state index in [1.165, 1.54) is 0 Å². The number of anilines is 1. The monoisotopic (exact) mass is 653 g/mol. The van der Waals surface area contributed by atoms with Gasteiger partial charge in [0.2, 0.25) is 0 Å². The number of hydrogen-bond acceptors (Lipinski definition) is 9. The molecule has 8 heterocycles. The molecule has 5 aliphatic rings. The number of aliphatic hydroxyl groups is 1. The van der Waals surface area contributed by atoms with Crippen LogP contribution < -0.4 is 9.64 Å². The average molecular weight is 654 g/mol. The van der Waals surface area contributed by atoms with Gasteiger partial charge in [0, 0.05) is 60.7 Å². The van der Waals surface area contributed by atoms with Crippen LogP contribution in [0.3, 0.4) is 0 Å². The SMILES string of the molecule is O[C@H]1CCN2C[C@H](COCCCCc3c(Cl)cc4[nH]ncc4c3-c3ncc4c2nc(OC[C@@]25CCCN2C[C@H](F)C5)nc4c3F)C1. The molecule has 0 radical (unpaired) electrons. The minimum atomic E-state index is -0.899. The van der Waals surface area contributed by atoms with Crippen molar-refractivity contribution in [3.63, 3.8) is 0 Å². The van der Waals surface area contributed by atoms with E-state index in [1.54, 1.807) is 12.4 Å². The number of hydrogen-bond donors (Lipinski definition) is 2. The van der Waals surface area contributed by atoms with Gasteiger partial charge in [-0.15, -0.1) is 0 Å². The Morgan fingerprint density at radius 2 is 2.07 bits per heavy atom. The highest BCUT2D eigenvalue weighted by Crippen LogP contribution is 2.42. The van der Waals surface area contributed by atoms with Gasteiger partial charge >= 0.3 is 6.01 Å². The Bertz CT molecular complexity index is 1770. The van der Waals surface area contributed by atoms with Crippen molar-refractivity contribution in [1.29, 1.82) is 0 Å². The molecule has 1 aromatic carbocycles. The molecule has 0 aliphatic carbocycles. The van der Waals surface area contributed by atoms with Gasteiger partial charge in [0.15, 0.2) is 5.82 Å².